The fourth-order valence-electron chi connectivity index (χ4n) is 5.23. The number of anilines is 1. The van der Waals surface area contributed by atoms with Gasteiger partial charge in [0.05, 0.1) is 11.1 Å². The molecule has 0 aromatic heterocycles. The molecular weight excluding hydrogens is 333 g/mol. The summed E-state index contributed by atoms with van der Waals surface area (Å²) < 4.78 is 14.6. The first-order valence-corrected chi connectivity index (χ1v) is 8.60. The quantitative estimate of drug-likeness (QED) is 0.818. The smallest absolute Gasteiger partial charge is 0.230 e. The van der Waals surface area contributed by atoms with Gasteiger partial charge in [0, 0.05) is 4.47 Å². The second-order valence-electron chi connectivity index (χ2n) is 7.28. The van der Waals surface area contributed by atoms with Gasteiger partial charge in [0.1, 0.15) is 5.82 Å². The van der Waals surface area contributed by atoms with Crippen molar-refractivity contribution >= 4 is 27.5 Å². The summed E-state index contributed by atoms with van der Waals surface area (Å²) in [4.78, 5) is 12.8. The van der Waals surface area contributed by atoms with Crippen molar-refractivity contribution in [3.8, 4) is 0 Å². The number of benzene rings is 1. The van der Waals surface area contributed by atoms with Crippen molar-refractivity contribution in [1.82, 2.24) is 0 Å². The van der Waals surface area contributed by atoms with Crippen LogP contribution in [0.2, 0.25) is 0 Å². The Hall–Kier alpha value is -0.900. The molecule has 0 heterocycles. The minimum absolute atomic E-state index is 0.0443. The van der Waals surface area contributed by atoms with Crippen LogP contribution in [0.25, 0.3) is 0 Å². The van der Waals surface area contributed by atoms with Crippen molar-refractivity contribution in [3.63, 3.8) is 0 Å². The van der Waals surface area contributed by atoms with Gasteiger partial charge in [0.15, 0.2) is 0 Å². The van der Waals surface area contributed by atoms with E-state index in [-0.39, 0.29) is 17.1 Å². The highest BCUT2D eigenvalue weighted by atomic mass is 79.9. The minimum Gasteiger partial charge on any atom is -0.323 e. The molecule has 2 nitrogen and oxygen atoms in total. The predicted molar refractivity (Wildman–Crippen MR) is 83.3 cm³/mol. The molecule has 0 radical (unpaired) electrons. The van der Waals surface area contributed by atoms with Crippen LogP contribution in [0.3, 0.4) is 0 Å². The van der Waals surface area contributed by atoms with Gasteiger partial charge in [0.2, 0.25) is 5.91 Å². The second-order valence-corrected chi connectivity index (χ2v) is 8.19. The highest BCUT2D eigenvalue weighted by Crippen LogP contribution is 2.60. The number of carbonyl (C=O) groups excluding carboxylic acids is 1. The molecule has 4 bridgehead atoms. The van der Waals surface area contributed by atoms with E-state index in [1.165, 1.54) is 25.3 Å². The van der Waals surface area contributed by atoms with E-state index < -0.39 is 0 Å². The van der Waals surface area contributed by atoms with Gasteiger partial charge < -0.3 is 5.32 Å². The molecule has 4 heteroatoms. The van der Waals surface area contributed by atoms with Gasteiger partial charge >= 0.3 is 0 Å². The van der Waals surface area contributed by atoms with Crippen molar-refractivity contribution < 1.29 is 9.18 Å². The van der Waals surface area contributed by atoms with Crippen molar-refractivity contribution in [2.75, 3.05) is 5.32 Å². The maximum Gasteiger partial charge on any atom is 0.230 e. The molecule has 1 N–H and O–H groups in total. The van der Waals surface area contributed by atoms with Gasteiger partial charge in [-0.2, -0.15) is 0 Å². The average Bonchev–Trinajstić information content (AvgIpc) is 2.40. The van der Waals surface area contributed by atoms with Crippen molar-refractivity contribution in [2.24, 2.45) is 23.2 Å². The molecule has 1 aromatic carbocycles. The molecule has 1 amide bonds. The first-order chi connectivity index (χ1) is 10.0. The molecule has 5 rings (SSSR count). The van der Waals surface area contributed by atoms with E-state index in [0.29, 0.717) is 10.2 Å². The zero-order valence-electron chi connectivity index (χ0n) is 11.9. The third kappa shape index (κ3) is 2.32. The Labute approximate surface area is 132 Å². The van der Waals surface area contributed by atoms with Crippen molar-refractivity contribution in [1.29, 1.82) is 0 Å². The second kappa shape index (κ2) is 4.80. The molecule has 1 aromatic rings. The summed E-state index contributed by atoms with van der Waals surface area (Å²) in [6.45, 7) is 0. The largest absolute Gasteiger partial charge is 0.323 e. The Morgan fingerprint density at radius 1 is 1.14 bits per heavy atom. The highest BCUT2D eigenvalue weighted by molar-refractivity contribution is 9.10. The van der Waals surface area contributed by atoms with E-state index in [4.69, 9.17) is 0 Å². The SMILES string of the molecule is O=C(Nc1ccc(Br)cc1F)C12CC3CC(CC(C3)C1)C2. The predicted octanol–water partition coefficient (Wildman–Crippen LogP) is 4.74. The summed E-state index contributed by atoms with van der Waals surface area (Å²) in [5, 5.41) is 2.86. The Morgan fingerprint density at radius 3 is 2.24 bits per heavy atom. The molecule has 0 atom stereocenters. The Morgan fingerprint density at radius 2 is 1.71 bits per heavy atom. The topological polar surface area (TPSA) is 29.1 Å². The van der Waals surface area contributed by atoms with Crippen molar-refractivity contribution in [2.45, 2.75) is 38.5 Å². The van der Waals surface area contributed by atoms with Crippen LogP contribution in [0.1, 0.15) is 38.5 Å². The summed E-state index contributed by atoms with van der Waals surface area (Å²) in [7, 11) is 0. The maximum atomic E-state index is 13.9. The van der Waals surface area contributed by atoms with Crippen LogP contribution in [-0.4, -0.2) is 5.91 Å². The molecule has 4 fully saturated rings. The van der Waals surface area contributed by atoms with Crippen LogP contribution < -0.4 is 5.32 Å². The van der Waals surface area contributed by atoms with E-state index in [1.54, 1.807) is 12.1 Å². The number of hydrogen-bond acceptors (Lipinski definition) is 1. The number of halogens is 2. The van der Waals surface area contributed by atoms with E-state index in [2.05, 4.69) is 21.2 Å². The lowest BCUT2D eigenvalue weighted by Gasteiger charge is -2.55. The molecule has 4 aliphatic carbocycles. The summed E-state index contributed by atoms with van der Waals surface area (Å²) in [5.41, 5.74) is 0.0767. The van der Waals surface area contributed by atoms with Crippen LogP contribution in [0, 0.1) is 29.0 Å². The first-order valence-electron chi connectivity index (χ1n) is 7.81. The number of carbonyl (C=O) groups is 1. The first kappa shape index (κ1) is 13.7. The summed E-state index contributed by atoms with van der Waals surface area (Å²) in [5.74, 6) is 1.83. The van der Waals surface area contributed by atoms with Gasteiger partial charge in [-0.3, -0.25) is 4.79 Å². The van der Waals surface area contributed by atoms with E-state index in [9.17, 15) is 9.18 Å². The van der Waals surface area contributed by atoms with Gasteiger partial charge in [-0.1, -0.05) is 15.9 Å². The molecular formula is C17H19BrFNO. The summed E-state index contributed by atoms with van der Waals surface area (Å²) in [6.07, 6.45) is 6.92. The van der Waals surface area contributed by atoms with Crippen LogP contribution in [0.5, 0.6) is 0 Å². The Bertz CT molecular complexity index is 565. The lowest BCUT2D eigenvalue weighted by Crippen LogP contribution is -2.51. The van der Waals surface area contributed by atoms with Crippen LogP contribution >= 0.6 is 15.9 Å². The third-order valence-electron chi connectivity index (χ3n) is 5.70. The Kier molecular flexibility index (Phi) is 3.14. The zero-order chi connectivity index (χ0) is 14.6. The molecule has 4 saturated carbocycles. The number of amides is 1. The Balaban J connectivity index is 1.57. The van der Waals surface area contributed by atoms with E-state index >= 15 is 0 Å². The van der Waals surface area contributed by atoms with Crippen molar-refractivity contribution in [3.05, 3.63) is 28.5 Å². The number of rotatable bonds is 2. The minimum atomic E-state index is -0.373. The number of nitrogens with one attached hydrogen (secondary N) is 1. The van der Waals surface area contributed by atoms with Crippen LogP contribution in [0.15, 0.2) is 22.7 Å². The highest BCUT2D eigenvalue weighted by Gasteiger charge is 2.54. The standard InChI is InChI=1S/C17H19BrFNO/c18-13-1-2-15(14(19)6-13)20-16(21)17-7-10-3-11(8-17)5-12(4-10)9-17/h1-2,6,10-12H,3-5,7-9H2,(H,20,21). The lowest BCUT2D eigenvalue weighted by atomic mass is 9.49. The molecule has 21 heavy (non-hydrogen) atoms. The molecule has 112 valence electrons. The maximum absolute atomic E-state index is 13.9. The lowest BCUT2D eigenvalue weighted by molar-refractivity contribution is -0.140. The normalized spacial score (nSPS) is 36.8. The number of hydrogen-bond donors (Lipinski definition) is 1. The zero-order valence-corrected chi connectivity index (χ0v) is 13.5. The van der Waals surface area contributed by atoms with Gasteiger partial charge in [-0.15, -0.1) is 0 Å². The average molecular weight is 352 g/mol. The van der Waals surface area contributed by atoms with Crippen LogP contribution in [0.4, 0.5) is 10.1 Å². The van der Waals surface area contributed by atoms with E-state index in [0.717, 1.165) is 37.0 Å². The molecule has 0 aliphatic heterocycles. The molecule has 0 spiro atoms. The summed E-state index contributed by atoms with van der Waals surface area (Å²) in [6, 6.07) is 4.80. The van der Waals surface area contributed by atoms with Gasteiger partial charge in [0.25, 0.3) is 0 Å². The van der Waals surface area contributed by atoms with Crippen LogP contribution in [-0.2, 0) is 4.79 Å². The van der Waals surface area contributed by atoms with Gasteiger partial charge in [-0.05, 0) is 74.5 Å². The fraction of sp³-hybridized carbons (Fsp3) is 0.588. The summed E-state index contributed by atoms with van der Waals surface area (Å²) >= 11 is 3.24. The molecule has 0 saturated heterocycles. The molecule has 4 aliphatic rings. The molecule has 0 unspecified atom stereocenters. The monoisotopic (exact) mass is 351 g/mol. The fourth-order valence-corrected chi connectivity index (χ4v) is 5.57. The van der Waals surface area contributed by atoms with E-state index in [1.807, 2.05) is 0 Å². The third-order valence-corrected chi connectivity index (χ3v) is 6.19. The van der Waals surface area contributed by atoms with Gasteiger partial charge in [-0.25, -0.2) is 4.39 Å².